The molecule has 1 N–H and O–H groups in total. The molecule has 6 heteroatoms. The van der Waals surface area contributed by atoms with Gasteiger partial charge in [-0.3, -0.25) is 4.72 Å². The minimum absolute atomic E-state index is 0.407. The van der Waals surface area contributed by atoms with Crippen molar-refractivity contribution in [3.8, 4) is 0 Å². The van der Waals surface area contributed by atoms with Gasteiger partial charge in [0.2, 0.25) is 0 Å². The van der Waals surface area contributed by atoms with Crippen molar-refractivity contribution >= 4 is 16.0 Å². The van der Waals surface area contributed by atoms with Crippen LogP contribution in [0, 0.1) is 5.92 Å². The lowest BCUT2D eigenvalue weighted by Crippen LogP contribution is -2.41. The predicted molar refractivity (Wildman–Crippen MR) is 85.4 cm³/mol. The molecule has 1 aromatic rings. The highest BCUT2D eigenvalue weighted by atomic mass is 32.2. The van der Waals surface area contributed by atoms with Gasteiger partial charge in [-0.2, -0.15) is 12.7 Å². The molecule has 1 saturated heterocycles. The summed E-state index contributed by atoms with van der Waals surface area (Å²) in [5, 5.41) is 0. The van der Waals surface area contributed by atoms with Crippen LogP contribution in [-0.4, -0.2) is 30.8 Å². The Morgan fingerprint density at radius 1 is 1.29 bits per heavy atom. The Morgan fingerprint density at radius 2 is 2.00 bits per heavy atom. The fraction of sp³-hybridized carbons (Fsp3) is 0.667. The van der Waals surface area contributed by atoms with Gasteiger partial charge in [0, 0.05) is 18.8 Å². The number of nitrogens with one attached hydrogen (secondary N) is 1. The van der Waals surface area contributed by atoms with Crippen molar-refractivity contribution in [1.82, 2.24) is 9.29 Å². The maximum atomic E-state index is 12.4. The normalized spacial score (nSPS) is 17.8. The molecule has 0 spiro atoms. The molecular weight excluding hydrogens is 286 g/mol. The van der Waals surface area contributed by atoms with E-state index in [0.29, 0.717) is 24.8 Å². The number of aromatic nitrogens is 1. The Bertz CT molecular complexity index is 552. The molecule has 0 amide bonds. The van der Waals surface area contributed by atoms with Crippen LogP contribution < -0.4 is 4.72 Å². The van der Waals surface area contributed by atoms with E-state index in [1.807, 2.05) is 19.1 Å². The number of piperidine rings is 1. The van der Waals surface area contributed by atoms with Gasteiger partial charge in [0.25, 0.3) is 0 Å². The third-order valence-corrected chi connectivity index (χ3v) is 5.52. The number of nitrogens with zero attached hydrogens (tertiary/aromatic N) is 2. The molecule has 1 aliphatic rings. The highest BCUT2D eigenvalue weighted by Crippen LogP contribution is 2.24. The van der Waals surface area contributed by atoms with Crippen molar-refractivity contribution < 1.29 is 8.42 Å². The zero-order chi connectivity index (χ0) is 15.3. The van der Waals surface area contributed by atoms with Crippen LogP contribution in [-0.2, 0) is 16.6 Å². The van der Waals surface area contributed by atoms with Crippen LogP contribution in [0.15, 0.2) is 18.2 Å². The Balaban J connectivity index is 1.99. The maximum Gasteiger partial charge on any atom is 0.302 e. The molecule has 21 heavy (non-hydrogen) atoms. The molecular formula is C15H25N3O2S. The third-order valence-electron chi connectivity index (χ3n) is 4.01. The molecule has 0 saturated carbocycles. The highest BCUT2D eigenvalue weighted by Gasteiger charge is 2.27. The van der Waals surface area contributed by atoms with E-state index in [-0.39, 0.29) is 0 Å². The van der Waals surface area contributed by atoms with E-state index in [1.54, 1.807) is 10.4 Å². The van der Waals surface area contributed by atoms with E-state index in [1.165, 1.54) is 12.8 Å². The topological polar surface area (TPSA) is 62.3 Å². The Labute approximate surface area is 128 Å². The summed E-state index contributed by atoms with van der Waals surface area (Å²) in [7, 11) is -3.48. The molecule has 0 aliphatic carbocycles. The minimum atomic E-state index is -3.48. The molecule has 2 heterocycles. The molecule has 0 aromatic carbocycles. The Morgan fingerprint density at radius 3 is 2.62 bits per heavy atom. The van der Waals surface area contributed by atoms with Gasteiger partial charge in [0.05, 0.1) is 0 Å². The quantitative estimate of drug-likeness (QED) is 0.878. The van der Waals surface area contributed by atoms with Crippen LogP contribution in [0.3, 0.4) is 0 Å². The lowest BCUT2D eigenvalue weighted by molar-refractivity contribution is 0.263. The Kier molecular flexibility index (Phi) is 5.58. The van der Waals surface area contributed by atoms with Gasteiger partial charge < -0.3 is 0 Å². The molecule has 0 atom stereocenters. The highest BCUT2D eigenvalue weighted by molar-refractivity contribution is 7.90. The fourth-order valence-corrected chi connectivity index (χ4v) is 3.98. The van der Waals surface area contributed by atoms with Crippen LogP contribution in [0.2, 0.25) is 0 Å². The van der Waals surface area contributed by atoms with E-state index in [9.17, 15) is 8.42 Å². The van der Waals surface area contributed by atoms with Gasteiger partial charge in [0.15, 0.2) is 0 Å². The average Bonchev–Trinajstić information content (AvgIpc) is 2.48. The molecule has 5 nitrogen and oxygen atoms in total. The first-order chi connectivity index (χ1) is 10.0. The van der Waals surface area contributed by atoms with Crippen molar-refractivity contribution in [1.29, 1.82) is 0 Å². The summed E-state index contributed by atoms with van der Waals surface area (Å²) in [6, 6.07) is 5.42. The Hall–Kier alpha value is -1.14. The second-order valence-corrected chi connectivity index (χ2v) is 7.28. The smallest absolute Gasteiger partial charge is 0.254 e. The first-order valence-electron chi connectivity index (χ1n) is 7.79. The number of hydrogen-bond donors (Lipinski definition) is 1. The summed E-state index contributed by atoms with van der Waals surface area (Å²) >= 11 is 0. The molecule has 0 bridgehead atoms. The fourth-order valence-electron chi connectivity index (χ4n) is 2.78. The predicted octanol–water partition coefficient (Wildman–Crippen LogP) is 2.81. The summed E-state index contributed by atoms with van der Waals surface area (Å²) in [4.78, 5) is 4.30. The lowest BCUT2D eigenvalue weighted by atomic mass is 9.94. The van der Waals surface area contributed by atoms with Gasteiger partial charge in [-0.05, 0) is 37.3 Å². The zero-order valence-corrected chi connectivity index (χ0v) is 13.7. The third kappa shape index (κ3) is 4.41. The second-order valence-electron chi connectivity index (χ2n) is 5.61. The van der Waals surface area contributed by atoms with Crippen LogP contribution in [0.4, 0.5) is 5.82 Å². The number of anilines is 1. The summed E-state index contributed by atoms with van der Waals surface area (Å²) in [6.45, 7) is 5.39. The summed E-state index contributed by atoms with van der Waals surface area (Å²) < 4.78 is 28.9. The molecule has 1 aromatic heterocycles. The largest absolute Gasteiger partial charge is 0.302 e. The number of rotatable bonds is 6. The molecule has 118 valence electrons. The van der Waals surface area contributed by atoms with Gasteiger partial charge in [0.1, 0.15) is 5.82 Å². The van der Waals surface area contributed by atoms with E-state index in [4.69, 9.17) is 0 Å². The number of hydrogen-bond acceptors (Lipinski definition) is 3. The van der Waals surface area contributed by atoms with Crippen molar-refractivity contribution in [3.05, 3.63) is 23.9 Å². The van der Waals surface area contributed by atoms with Gasteiger partial charge in [-0.15, -0.1) is 0 Å². The monoisotopic (exact) mass is 311 g/mol. The van der Waals surface area contributed by atoms with Crippen molar-refractivity contribution in [2.45, 2.75) is 46.0 Å². The van der Waals surface area contributed by atoms with E-state index in [2.05, 4.69) is 16.6 Å². The van der Waals surface area contributed by atoms with Gasteiger partial charge >= 0.3 is 10.2 Å². The van der Waals surface area contributed by atoms with Crippen molar-refractivity contribution in [2.24, 2.45) is 5.92 Å². The summed E-state index contributed by atoms with van der Waals surface area (Å²) in [5.41, 5.74) is 0.886. The van der Waals surface area contributed by atoms with E-state index < -0.39 is 10.2 Å². The minimum Gasteiger partial charge on any atom is -0.254 e. The molecule has 1 aliphatic heterocycles. The average molecular weight is 311 g/mol. The lowest BCUT2D eigenvalue weighted by Gasteiger charge is -2.31. The van der Waals surface area contributed by atoms with E-state index >= 15 is 0 Å². The van der Waals surface area contributed by atoms with Gasteiger partial charge in [-0.25, -0.2) is 4.98 Å². The SMILES string of the molecule is CCCC1CCN(S(=O)(=O)Nc2cccc(CC)n2)CC1. The van der Waals surface area contributed by atoms with Crippen LogP contribution >= 0.6 is 0 Å². The molecule has 1 fully saturated rings. The second kappa shape index (κ2) is 7.22. The van der Waals surface area contributed by atoms with Crippen molar-refractivity contribution in [2.75, 3.05) is 17.8 Å². The molecule has 0 unspecified atom stereocenters. The molecule has 0 radical (unpaired) electrons. The standard InChI is InChI=1S/C15H25N3O2S/c1-3-6-13-9-11-18(12-10-13)21(19,20)17-15-8-5-7-14(4-2)16-15/h5,7-8,13H,3-4,6,9-12H2,1-2H3,(H,16,17). The van der Waals surface area contributed by atoms with Crippen molar-refractivity contribution in [3.63, 3.8) is 0 Å². The number of aryl methyl sites for hydroxylation is 1. The first kappa shape index (κ1) is 16.2. The van der Waals surface area contributed by atoms with Gasteiger partial charge in [-0.1, -0.05) is 32.8 Å². The van der Waals surface area contributed by atoms with Crippen LogP contribution in [0.25, 0.3) is 0 Å². The van der Waals surface area contributed by atoms with E-state index in [0.717, 1.165) is 25.0 Å². The maximum absolute atomic E-state index is 12.4. The van der Waals surface area contributed by atoms with Crippen LogP contribution in [0.5, 0.6) is 0 Å². The van der Waals surface area contributed by atoms with Crippen LogP contribution in [0.1, 0.15) is 45.2 Å². The zero-order valence-electron chi connectivity index (χ0n) is 12.9. The summed E-state index contributed by atoms with van der Waals surface area (Å²) in [5.74, 6) is 1.08. The number of pyridine rings is 1. The first-order valence-corrected chi connectivity index (χ1v) is 9.23. The molecule has 2 rings (SSSR count). The summed E-state index contributed by atoms with van der Waals surface area (Å²) in [6.07, 6.45) is 5.07.